The van der Waals surface area contributed by atoms with E-state index in [4.69, 9.17) is 0 Å². The van der Waals surface area contributed by atoms with Crippen molar-refractivity contribution in [3.63, 3.8) is 0 Å². The van der Waals surface area contributed by atoms with E-state index < -0.39 is 0 Å². The van der Waals surface area contributed by atoms with E-state index in [0.29, 0.717) is 0 Å². The topological polar surface area (TPSA) is 8.17 Å². The molecule has 0 saturated heterocycles. The average Bonchev–Trinajstić information content (AvgIpc) is 3.80. The Kier molecular flexibility index (Phi) is 8.55. The Labute approximate surface area is 368 Å². The second kappa shape index (κ2) is 14.6. The fourth-order valence-electron chi connectivity index (χ4n) is 10.1. The molecular formula is C61H44N2. The van der Waals surface area contributed by atoms with Crippen molar-refractivity contribution in [3.8, 4) is 50.2 Å². The molecule has 0 amide bonds. The monoisotopic (exact) mass is 804 g/mol. The lowest BCUT2D eigenvalue weighted by atomic mass is 9.82. The molecular weight excluding hydrogens is 761 g/mol. The normalized spacial score (nSPS) is 12.7. The Bertz CT molecular complexity index is 3520. The molecule has 0 radical (unpaired) electrons. The second-order valence-corrected chi connectivity index (χ2v) is 17.4. The average molecular weight is 805 g/mol. The van der Waals surface area contributed by atoms with Crippen LogP contribution in [-0.2, 0) is 5.41 Å². The van der Waals surface area contributed by atoms with Gasteiger partial charge in [0.25, 0.3) is 0 Å². The zero-order chi connectivity index (χ0) is 42.1. The van der Waals surface area contributed by atoms with Crippen molar-refractivity contribution >= 4 is 49.6 Å². The maximum absolute atomic E-state index is 2.41. The van der Waals surface area contributed by atoms with E-state index in [1.165, 1.54) is 93.9 Å². The summed E-state index contributed by atoms with van der Waals surface area (Å²) in [7, 11) is 0. The summed E-state index contributed by atoms with van der Waals surface area (Å²) in [5, 5.41) is 5.02. The highest BCUT2D eigenvalue weighted by molar-refractivity contribution is 6.10. The van der Waals surface area contributed by atoms with Crippen molar-refractivity contribution in [2.75, 3.05) is 4.90 Å². The molecule has 1 aliphatic rings. The fourth-order valence-corrected chi connectivity index (χ4v) is 10.1. The number of aromatic nitrogens is 1. The summed E-state index contributed by atoms with van der Waals surface area (Å²) in [4.78, 5) is 2.41. The van der Waals surface area contributed by atoms with Gasteiger partial charge in [0.15, 0.2) is 0 Å². The predicted molar refractivity (Wildman–Crippen MR) is 267 cm³/mol. The molecule has 1 aromatic heterocycles. The first-order valence-electron chi connectivity index (χ1n) is 21.9. The summed E-state index contributed by atoms with van der Waals surface area (Å²) in [6, 6.07) is 84.6. The third-order valence-electron chi connectivity index (χ3n) is 13.4. The fraction of sp³-hybridized carbons (Fsp3) is 0.0492. The van der Waals surface area contributed by atoms with Crippen LogP contribution in [0.2, 0.25) is 0 Å². The zero-order valence-electron chi connectivity index (χ0n) is 35.3. The molecule has 1 heterocycles. The van der Waals surface area contributed by atoms with Gasteiger partial charge in [0.05, 0.1) is 11.0 Å². The number of benzene rings is 10. The largest absolute Gasteiger partial charge is 0.310 e. The van der Waals surface area contributed by atoms with Crippen LogP contribution in [0.25, 0.3) is 82.8 Å². The first-order valence-corrected chi connectivity index (χ1v) is 21.9. The molecule has 0 fully saturated rings. The Balaban J connectivity index is 0.914. The number of hydrogen-bond acceptors (Lipinski definition) is 1. The second-order valence-electron chi connectivity index (χ2n) is 17.4. The minimum absolute atomic E-state index is 0.105. The quantitative estimate of drug-likeness (QED) is 0.156. The first kappa shape index (κ1) is 36.9. The van der Waals surface area contributed by atoms with Gasteiger partial charge in [0.1, 0.15) is 0 Å². The van der Waals surface area contributed by atoms with Gasteiger partial charge in [0.2, 0.25) is 0 Å². The minimum Gasteiger partial charge on any atom is -0.310 e. The van der Waals surface area contributed by atoms with Gasteiger partial charge in [-0.05, 0) is 145 Å². The van der Waals surface area contributed by atoms with Crippen LogP contribution in [0.15, 0.2) is 231 Å². The molecule has 298 valence electrons. The van der Waals surface area contributed by atoms with Gasteiger partial charge < -0.3 is 9.47 Å². The summed E-state index contributed by atoms with van der Waals surface area (Å²) in [5.41, 5.74) is 19.5. The molecule has 0 aliphatic heterocycles. The van der Waals surface area contributed by atoms with Crippen LogP contribution in [0.4, 0.5) is 17.1 Å². The first-order chi connectivity index (χ1) is 31.0. The third kappa shape index (κ3) is 6.17. The van der Waals surface area contributed by atoms with Crippen LogP contribution in [-0.4, -0.2) is 4.57 Å². The summed E-state index contributed by atoms with van der Waals surface area (Å²) in [6.07, 6.45) is 0. The molecule has 1 aliphatic carbocycles. The van der Waals surface area contributed by atoms with E-state index in [1.807, 2.05) is 0 Å². The van der Waals surface area contributed by atoms with Crippen molar-refractivity contribution in [3.05, 3.63) is 242 Å². The Hall–Kier alpha value is -7.94. The highest BCUT2D eigenvalue weighted by atomic mass is 15.1. The Morgan fingerprint density at radius 3 is 1.67 bits per heavy atom. The zero-order valence-corrected chi connectivity index (χ0v) is 35.3. The predicted octanol–water partition coefficient (Wildman–Crippen LogP) is 16.7. The smallest absolute Gasteiger partial charge is 0.0541 e. The summed E-state index contributed by atoms with van der Waals surface area (Å²) < 4.78 is 2.37. The van der Waals surface area contributed by atoms with Gasteiger partial charge in [-0.3, -0.25) is 0 Å². The van der Waals surface area contributed by atoms with Crippen molar-refractivity contribution in [1.29, 1.82) is 0 Å². The van der Waals surface area contributed by atoms with E-state index in [-0.39, 0.29) is 5.41 Å². The van der Waals surface area contributed by atoms with Crippen molar-refractivity contribution < 1.29 is 0 Å². The number of fused-ring (bicyclic) bond motifs is 7. The highest BCUT2D eigenvalue weighted by Gasteiger charge is 2.35. The number of hydrogen-bond donors (Lipinski definition) is 0. The molecule has 0 atom stereocenters. The van der Waals surface area contributed by atoms with E-state index in [9.17, 15) is 0 Å². The third-order valence-corrected chi connectivity index (χ3v) is 13.4. The standard InChI is InChI=1S/C61H44N2/c1-61(2)57-21-10-8-19-53(57)54-35-34-52(40-58(54)61)62(51-32-27-43(28-33-51)47-24-23-41-13-6-7-14-44(41)38-47)50-30-25-42(26-31-50)45-15-12-16-46(37-45)48-29-36-60-56(39-48)55-20-9-11-22-59(55)63(60)49-17-4-3-5-18-49/h3-40H,1-2H3. The van der Waals surface area contributed by atoms with E-state index in [0.717, 1.165) is 17.1 Å². The van der Waals surface area contributed by atoms with Crippen LogP contribution < -0.4 is 4.90 Å². The van der Waals surface area contributed by atoms with Crippen LogP contribution in [0.3, 0.4) is 0 Å². The van der Waals surface area contributed by atoms with Gasteiger partial charge in [-0.15, -0.1) is 0 Å². The number of rotatable bonds is 7. The summed E-state index contributed by atoms with van der Waals surface area (Å²) in [5.74, 6) is 0. The Morgan fingerprint density at radius 1 is 0.333 bits per heavy atom. The van der Waals surface area contributed by atoms with Crippen LogP contribution in [0.1, 0.15) is 25.0 Å². The molecule has 0 unspecified atom stereocenters. The van der Waals surface area contributed by atoms with Crippen LogP contribution in [0.5, 0.6) is 0 Å². The van der Waals surface area contributed by atoms with E-state index >= 15 is 0 Å². The van der Waals surface area contributed by atoms with Crippen molar-refractivity contribution in [2.24, 2.45) is 0 Å². The van der Waals surface area contributed by atoms with Gasteiger partial charge in [0, 0.05) is 38.9 Å². The number of para-hydroxylation sites is 2. The van der Waals surface area contributed by atoms with Gasteiger partial charge >= 0.3 is 0 Å². The number of nitrogens with zero attached hydrogens (tertiary/aromatic N) is 2. The molecule has 2 heteroatoms. The minimum atomic E-state index is -0.105. The van der Waals surface area contributed by atoms with Crippen molar-refractivity contribution in [1.82, 2.24) is 4.57 Å². The molecule has 10 aromatic carbocycles. The molecule has 0 bridgehead atoms. The van der Waals surface area contributed by atoms with Crippen LogP contribution >= 0.6 is 0 Å². The van der Waals surface area contributed by atoms with Crippen LogP contribution in [0, 0.1) is 0 Å². The summed E-state index contributed by atoms with van der Waals surface area (Å²) in [6.45, 7) is 4.71. The number of anilines is 3. The maximum Gasteiger partial charge on any atom is 0.0541 e. The Morgan fingerprint density at radius 2 is 0.889 bits per heavy atom. The molecule has 0 N–H and O–H groups in total. The molecule has 0 spiro atoms. The lowest BCUT2D eigenvalue weighted by molar-refractivity contribution is 0.660. The maximum atomic E-state index is 2.41. The molecule has 63 heavy (non-hydrogen) atoms. The van der Waals surface area contributed by atoms with Gasteiger partial charge in [-0.2, -0.15) is 0 Å². The molecule has 12 rings (SSSR count). The summed E-state index contributed by atoms with van der Waals surface area (Å²) >= 11 is 0. The van der Waals surface area contributed by atoms with E-state index in [2.05, 4.69) is 254 Å². The molecule has 2 nitrogen and oxygen atoms in total. The van der Waals surface area contributed by atoms with Gasteiger partial charge in [-0.25, -0.2) is 0 Å². The van der Waals surface area contributed by atoms with Crippen molar-refractivity contribution in [2.45, 2.75) is 19.3 Å². The lowest BCUT2D eigenvalue weighted by Gasteiger charge is -2.28. The van der Waals surface area contributed by atoms with Gasteiger partial charge in [-0.1, -0.05) is 166 Å². The lowest BCUT2D eigenvalue weighted by Crippen LogP contribution is -2.16. The van der Waals surface area contributed by atoms with E-state index in [1.54, 1.807) is 0 Å². The highest BCUT2D eigenvalue weighted by Crippen LogP contribution is 2.51. The molecule has 11 aromatic rings. The SMILES string of the molecule is CC1(C)c2ccccc2-c2ccc(N(c3ccc(-c4cccc(-c5ccc6c(c5)c5ccccc5n6-c5ccccc5)c4)cc3)c3ccc(-c4ccc5ccccc5c4)cc3)cc21. The molecule has 0 saturated carbocycles.